The van der Waals surface area contributed by atoms with Gasteiger partial charge in [0.25, 0.3) is 5.91 Å². The minimum atomic E-state index is -0.554. The molecule has 1 N–H and O–H groups in total. The standard InChI is InChI=1S/C9H8INO3/c10-11-9(12)8-5-13-6-3-1-2-4-7(6)14-8/h1-4,8H,5H2,(H,11,12). The molecule has 1 atom stereocenters. The lowest BCUT2D eigenvalue weighted by atomic mass is 10.2. The third kappa shape index (κ3) is 1.77. The predicted octanol–water partition coefficient (Wildman–Crippen LogP) is 1.29. The summed E-state index contributed by atoms with van der Waals surface area (Å²) in [5.41, 5.74) is 0. The fourth-order valence-corrected chi connectivity index (χ4v) is 1.56. The molecule has 0 aromatic heterocycles. The molecular formula is C9H8INO3. The summed E-state index contributed by atoms with van der Waals surface area (Å²) in [7, 11) is 0. The quantitative estimate of drug-likeness (QED) is 0.628. The molecular weight excluding hydrogens is 297 g/mol. The Balaban J connectivity index is 2.17. The normalized spacial score (nSPS) is 18.8. The van der Waals surface area contributed by atoms with Gasteiger partial charge in [0, 0.05) is 0 Å². The largest absolute Gasteiger partial charge is 0.485 e. The van der Waals surface area contributed by atoms with Crippen molar-refractivity contribution in [2.75, 3.05) is 6.61 Å². The topological polar surface area (TPSA) is 47.6 Å². The summed E-state index contributed by atoms with van der Waals surface area (Å²) >= 11 is 1.78. The van der Waals surface area contributed by atoms with Gasteiger partial charge in [0.15, 0.2) is 11.5 Å². The number of halogens is 1. The van der Waals surface area contributed by atoms with Crippen molar-refractivity contribution in [3.8, 4) is 11.5 Å². The van der Waals surface area contributed by atoms with E-state index in [1.165, 1.54) is 0 Å². The minimum absolute atomic E-state index is 0.180. The number of amides is 1. The second kappa shape index (κ2) is 4.04. The Morgan fingerprint density at radius 2 is 2.14 bits per heavy atom. The maximum atomic E-state index is 11.3. The van der Waals surface area contributed by atoms with Gasteiger partial charge >= 0.3 is 0 Å². The number of carbonyl (C=O) groups is 1. The first-order valence-electron chi connectivity index (χ1n) is 4.10. The van der Waals surface area contributed by atoms with Crippen molar-refractivity contribution >= 4 is 28.8 Å². The fraction of sp³-hybridized carbons (Fsp3) is 0.222. The highest BCUT2D eigenvalue weighted by atomic mass is 127. The van der Waals surface area contributed by atoms with Crippen molar-refractivity contribution in [2.45, 2.75) is 6.10 Å². The second-order valence-corrected chi connectivity index (χ2v) is 3.36. The molecule has 1 aliphatic rings. The molecule has 0 saturated carbocycles. The molecule has 1 heterocycles. The maximum absolute atomic E-state index is 11.3. The molecule has 1 aliphatic heterocycles. The van der Waals surface area contributed by atoms with Crippen LogP contribution in [-0.2, 0) is 4.79 Å². The zero-order chi connectivity index (χ0) is 9.97. The molecule has 1 amide bonds. The van der Waals surface area contributed by atoms with Gasteiger partial charge in [0.1, 0.15) is 6.61 Å². The second-order valence-electron chi connectivity index (χ2n) is 2.82. The van der Waals surface area contributed by atoms with Crippen LogP contribution < -0.4 is 13.0 Å². The van der Waals surface area contributed by atoms with Crippen LogP contribution in [0.5, 0.6) is 11.5 Å². The van der Waals surface area contributed by atoms with Crippen molar-refractivity contribution in [3.05, 3.63) is 24.3 Å². The minimum Gasteiger partial charge on any atom is -0.485 e. The zero-order valence-corrected chi connectivity index (χ0v) is 9.35. The molecule has 74 valence electrons. The lowest BCUT2D eigenvalue weighted by Gasteiger charge is -2.24. The van der Waals surface area contributed by atoms with Crippen LogP contribution >= 0.6 is 22.9 Å². The van der Waals surface area contributed by atoms with Gasteiger partial charge in [-0.3, -0.25) is 8.32 Å². The van der Waals surface area contributed by atoms with Crippen molar-refractivity contribution in [3.63, 3.8) is 0 Å². The van der Waals surface area contributed by atoms with E-state index in [1.807, 2.05) is 18.2 Å². The lowest BCUT2D eigenvalue weighted by molar-refractivity contribution is -0.127. The summed E-state index contributed by atoms with van der Waals surface area (Å²) in [6, 6.07) is 7.29. The van der Waals surface area contributed by atoms with Crippen molar-refractivity contribution < 1.29 is 14.3 Å². The van der Waals surface area contributed by atoms with Crippen LogP contribution in [0.4, 0.5) is 0 Å². The number of ether oxygens (including phenoxy) is 2. The van der Waals surface area contributed by atoms with Crippen LogP contribution in [0.15, 0.2) is 24.3 Å². The summed E-state index contributed by atoms with van der Waals surface area (Å²) in [5, 5.41) is 0. The van der Waals surface area contributed by atoms with Crippen molar-refractivity contribution in [1.82, 2.24) is 3.53 Å². The highest BCUT2D eigenvalue weighted by Gasteiger charge is 2.26. The first kappa shape index (κ1) is 9.57. The van der Waals surface area contributed by atoms with Crippen LogP contribution in [0, 0.1) is 0 Å². The summed E-state index contributed by atoms with van der Waals surface area (Å²) in [6.07, 6.45) is -0.554. The van der Waals surface area contributed by atoms with Gasteiger partial charge in [-0.25, -0.2) is 0 Å². The first-order chi connectivity index (χ1) is 6.81. The SMILES string of the molecule is O=C(NI)C1COc2ccccc2O1. The third-order valence-electron chi connectivity index (χ3n) is 1.89. The van der Waals surface area contributed by atoms with Gasteiger partial charge in [-0.2, -0.15) is 0 Å². The molecule has 1 aromatic rings. The maximum Gasteiger partial charge on any atom is 0.273 e. The smallest absolute Gasteiger partial charge is 0.273 e. The molecule has 1 unspecified atom stereocenters. The average Bonchev–Trinajstić information content (AvgIpc) is 2.27. The summed E-state index contributed by atoms with van der Waals surface area (Å²) in [6.45, 7) is 0.256. The molecule has 4 nitrogen and oxygen atoms in total. The number of carbonyl (C=O) groups excluding carboxylic acids is 1. The van der Waals surface area contributed by atoms with Gasteiger partial charge in [-0.15, -0.1) is 0 Å². The Hall–Kier alpha value is -0.980. The van der Waals surface area contributed by atoms with Crippen LogP contribution in [0.1, 0.15) is 0 Å². The summed E-state index contributed by atoms with van der Waals surface area (Å²) in [4.78, 5) is 11.3. The van der Waals surface area contributed by atoms with Gasteiger partial charge in [0.05, 0.1) is 22.9 Å². The highest BCUT2D eigenvalue weighted by molar-refractivity contribution is 14.1. The van der Waals surface area contributed by atoms with Gasteiger partial charge in [-0.05, 0) is 12.1 Å². The average molecular weight is 305 g/mol. The van der Waals surface area contributed by atoms with Crippen LogP contribution in [0.2, 0.25) is 0 Å². The molecule has 5 heteroatoms. The number of rotatable bonds is 1. The van der Waals surface area contributed by atoms with E-state index in [1.54, 1.807) is 28.9 Å². The van der Waals surface area contributed by atoms with Gasteiger partial charge < -0.3 is 9.47 Å². The van der Waals surface area contributed by atoms with E-state index in [-0.39, 0.29) is 12.5 Å². The monoisotopic (exact) mass is 305 g/mol. The Kier molecular flexibility index (Phi) is 2.76. The van der Waals surface area contributed by atoms with E-state index in [0.717, 1.165) is 0 Å². The van der Waals surface area contributed by atoms with Crippen LogP contribution in [0.25, 0.3) is 0 Å². The molecule has 0 radical (unpaired) electrons. The van der Waals surface area contributed by atoms with E-state index < -0.39 is 6.10 Å². The number of hydrogen-bond acceptors (Lipinski definition) is 3. The molecule has 0 bridgehead atoms. The predicted molar refractivity (Wildman–Crippen MR) is 58.5 cm³/mol. The lowest BCUT2D eigenvalue weighted by Crippen LogP contribution is -2.40. The number of hydrogen-bond donors (Lipinski definition) is 1. The van der Waals surface area contributed by atoms with Gasteiger partial charge in [-0.1, -0.05) is 12.1 Å². The molecule has 0 saturated heterocycles. The summed E-state index contributed by atoms with van der Waals surface area (Å²) in [5.74, 6) is 1.12. The van der Waals surface area contributed by atoms with E-state index >= 15 is 0 Å². The molecule has 0 spiro atoms. The van der Waals surface area contributed by atoms with Crippen LogP contribution in [-0.4, -0.2) is 18.6 Å². The fourth-order valence-electron chi connectivity index (χ4n) is 1.21. The van der Waals surface area contributed by atoms with E-state index in [4.69, 9.17) is 9.47 Å². The Labute approximate surface area is 95.1 Å². The molecule has 0 aliphatic carbocycles. The Morgan fingerprint density at radius 3 is 2.86 bits per heavy atom. The molecule has 1 aromatic carbocycles. The van der Waals surface area contributed by atoms with E-state index in [9.17, 15) is 4.79 Å². The first-order valence-corrected chi connectivity index (χ1v) is 5.18. The number of fused-ring (bicyclic) bond motifs is 1. The molecule has 14 heavy (non-hydrogen) atoms. The number of para-hydroxylation sites is 2. The Bertz CT molecular complexity index is 356. The third-order valence-corrected chi connectivity index (χ3v) is 2.43. The Morgan fingerprint density at radius 1 is 1.43 bits per heavy atom. The molecule has 0 fully saturated rings. The highest BCUT2D eigenvalue weighted by Crippen LogP contribution is 2.30. The molecule has 2 rings (SSSR count). The van der Waals surface area contributed by atoms with Crippen molar-refractivity contribution in [1.29, 1.82) is 0 Å². The van der Waals surface area contributed by atoms with Crippen LogP contribution in [0.3, 0.4) is 0 Å². The van der Waals surface area contributed by atoms with Crippen molar-refractivity contribution in [2.24, 2.45) is 0 Å². The summed E-state index contributed by atoms with van der Waals surface area (Å²) < 4.78 is 13.3. The number of nitrogens with one attached hydrogen (secondary N) is 1. The van der Waals surface area contributed by atoms with E-state index in [0.29, 0.717) is 11.5 Å². The van der Waals surface area contributed by atoms with E-state index in [2.05, 4.69) is 3.53 Å². The van der Waals surface area contributed by atoms with Gasteiger partial charge in [0.2, 0.25) is 6.10 Å². The number of benzene rings is 1. The zero-order valence-electron chi connectivity index (χ0n) is 7.20.